The van der Waals surface area contributed by atoms with Gasteiger partial charge in [0.1, 0.15) is 6.04 Å². The number of carbonyl (C=O) groups is 2. The first-order chi connectivity index (χ1) is 11.0. The highest BCUT2D eigenvalue weighted by molar-refractivity contribution is 6.23. The summed E-state index contributed by atoms with van der Waals surface area (Å²) in [5.41, 5.74) is 4.73. The molecule has 0 aliphatic carbocycles. The molecule has 1 N–H and O–H groups in total. The second kappa shape index (κ2) is 5.88. The molecule has 1 aliphatic rings. The molecule has 0 aromatic heterocycles. The molecule has 23 heavy (non-hydrogen) atoms. The Morgan fingerprint density at radius 2 is 1.61 bits per heavy atom. The van der Waals surface area contributed by atoms with Gasteiger partial charge >= 0.3 is 0 Å². The summed E-state index contributed by atoms with van der Waals surface area (Å²) < 4.78 is 0. The fraction of sp³-hybridized carbons (Fsp3) is 0.263. The summed E-state index contributed by atoms with van der Waals surface area (Å²) in [7, 11) is 0. The smallest absolute Gasteiger partial charge is 0.256 e. The van der Waals surface area contributed by atoms with E-state index in [1.807, 2.05) is 63.2 Å². The number of nitrogens with zero attached hydrogens (tertiary/aromatic N) is 1. The summed E-state index contributed by atoms with van der Waals surface area (Å²) in [6.45, 7) is 5.92. The second-order valence-corrected chi connectivity index (χ2v) is 6.12. The summed E-state index contributed by atoms with van der Waals surface area (Å²) in [6, 6.07) is 13.0. The predicted molar refractivity (Wildman–Crippen MR) is 91.6 cm³/mol. The van der Waals surface area contributed by atoms with E-state index in [-0.39, 0.29) is 18.2 Å². The molecule has 0 spiro atoms. The zero-order valence-electron chi connectivity index (χ0n) is 13.6. The molecule has 1 atom stereocenters. The maximum Gasteiger partial charge on any atom is 0.256 e. The molecule has 0 bridgehead atoms. The average molecular weight is 308 g/mol. The number of amides is 2. The Morgan fingerprint density at radius 3 is 2.26 bits per heavy atom. The van der Waals surface area contributed by atoms with Gasteiger partial charge in [0.15, 0.2) is 0 Å². The molecule has 0 radical (unpaired) electrons. The van der Waals surface area contributed by atoms with Gasteiger partial charge in [-0.05, 0) is 44.5 Å². The van der Waals surface area contributed by atoms with Crippen LogP contribution in [-0.4, -0.2) is 17.9 Å². The van der Waals surface area contributed by atoms with Crippen molar-refractivity contribution in [1.82, 2.24) is 0 Å². The van der Waals surface area contributed by atoms with Gasteiger partial charge in [0.25, 0.3) is 5.91 Å². The molecule has 1 fully saturated rings. The number of carbonyl (C=O) groups excluding carboxylic acids is 2. The molecule has 2 aromatic carbocycles. The van der Waals surface area contributed by atoms with Crippen LogP contribution in [0.5, 0.6) is 0 Å². The lowest BCUT2D eigenvalue weighted by Crippen LogP contribution is -2.35. The summed E-state index contributed by atoms with van der Waals surface area (Å²) in [5, 5.41) is 3.17. The lowest BCUT2D eigenvalue weighted by atomic mass is 10.1. The fourth-order valence-electron chi connectivity index (χ4n) is 2.91. The molecular formula is C19H20N2O2. The molecule has 1 unspecified atom stereocenters. The zero-order chi connectivity index (χ0) is 16.6. The molecule has 2 aromatic rings. The third kappa shape index (κ3) is 2.97. The normalized spacial score (nSPS) is 17.7. The van der Waals surface area contributed by atoms with Crippen molar-refractivity contribution in [2.45, 2.75) is 33.2 Å². The van der Waals surface area contributed by atoms with Crippen LogP contribution < -0.4 is 10.2 Å². The van der Waals surface area contributed by atoms with Crippen LogP contribution in [0.3, 0.4) is 0 Å². The SMILES string of the molecule is Cc1ccc(NC2CC(=O)N(c3ccc(C)cc3C)C2=O)cc1. The standard InChI is InChI=1S/C19H20N2O2/c1-12-4-7-15(8-5-12)20-16-11-18(22)21(19(16)23)17-9-6-13(2)10-14(17)3/h4-10,16,20H,11H2,1-3H3. The van der Waals surface area contributed by atoms with E-state index in [1.165, 1.54) is 4.90 Å². The van der Waals surface area contributed by atoms with Crippen LogP contribution in [0.1, 0.15) is 23.1 Å². The van der Waals surface area contributed by atoms with Crippen LogP contribution in [0.4, 0.5) is 11.4 Å². The lowest BCUT2D eigenvalue weighted by Gasteiger charge is -2.18. The third-order valence-electron chi connectivity index (χ3n) is 4.13. The number of nitrogens with one attached hydrogen (secondary N) is 1. The summed E-state index contributed by atoms with van der Waals surface area (Å²) in [6.07, 6.45) is 0.181. The number of aryl methyl sites for hydroxylation is 3. The highest BCUT2D eigenvalue weighted by Crippen LogP contribution is 2.28. The van der Waals surface area contributed by atoms with E-state index in [0.717, 1.165) is 22.4 Å². The molecule has 1 heterocycles. The topological polar surface area (TPSA) is 49.4 Å². The predicted octanol–water partition coefficient (Wildman–Crippen LogP) is 3.36. The van der Waals surface area contributed by atoms with Crippen LogP contribution >= 0.6 is 0 Å². The molecule has 2 amide bonds. The molecular weight excluding hydrogens is 288 g/mol. The van der Waals surface area contributed by atoms with E-state index in [4.69, 9.17) is 0 Å². The van der Waals surface area contributed by atoms with Crippen molar-refractivity contribution in [2.24, 2.45) is 0 Å². The molecule has 1 aliphatic heterocycles. The first kappa shape index (κ1) is 15.3. The summed E-state index contributed by atoms with van der Waals surface area (Å²) in [5.74, 6) is -0.353. The minimum absolute atomic E-state index is 0.161. The van der Waals surface area contributed by atoms with Crippen LogP contribution in [0.15, 0.2) is 42.5 Å². The lowest BCUT2D eigenvalue weighted by molar-refractivity contribution is -0.121. The Hall–Kier alpha value is -2.62. The van der Waals surface area contributed by atoms with Gasteiger partial charge in [-0.2, -0.15) is 0 Å². The van der Waals surface area contributed by atoms with Gasteiger partial charge < -0.3 is 5.32 Å². The van der Waals surface area contributed by atoms with Crippen molar-refractivity contribution in [3.05, 3.63) is 59.2 Å². The van der Waals surface area contributed by atoms with Gasteiger partial charge in [0, 0.05) is 5.69 Å². The quantitative estimate of drug-likeness (QED) is 0.885. The van der Waals surface area contributed by atoms with E-state index < -0.39 is 6.04 Å². The second-order valence-electron chi connectivity index (χ2n) is 6.12. The van der Waals surface area contributed by atoms with Crippen molar-refractivity contribution >= 4 is 23.2 Å². The maximum atomic E-state index is 12.7. The molecule has 118 valence electrons. The van der Waals surface area contributed by atoms with E-state index >= 15 is 0 Å². The van der Waals surface area contributed by atoms with Gasteiger partial charge in [0.05, 0.1) is 12.1 Å². The highest BCUT2D eigenvalue weighted by atomic mass is 16.2. The monoisotopic (exact) mass is 308 g/mol. The molecule has 0 saturated carbocycles. The number of rotatable bonds is 3. The first-order valence-electron chi connectivity index (χ1n) is 7.73. The first-order valence-corrected chi connectivity index (χ1v) is 7.73. The van der Waals surface area contributed by atoms with Crippen LogP contribution in [-0.2, 0) is 9.59 Å². The number of imide groups is 1. The molecule has 3 rings (SSSR count). The van der Waals surface area contributed by atoms with Gasteiger partial charge in [-0.15, -0.1) is 0 Å². The Kier molecular flexibility index (Phi) is 3.90. The highest BCUT2D eigenvalue weighted by Gasteiger charge is 2.40. The zero-order valence-corrected chi connectivity index (χ0v) is 13.6. The van der Waals surface area contributed by atoms with Crippen molar-refractivity contribution in [2.75, 3.05) is 10.2 Å². The largest absolute Gasteiger partial charge is 0.373 e. The molecule has 4 nitrogen and oxygen atoms in total. The average Bonchev–Trinajstić information content (AvgIpc) is 2.77. The van der Waals surface area contributed by atoms with E-state index in [1.54, 1.807) is 0 Å². The minimum atomic E-state index is -0.508. The van der Waals surface area contributed by atoms with Gasteiger partial charge in [0.2, 0.25) is 5.91 Å². The van der Waals surface area contributed by atoms with Gasteiger partial charge in [-0.25, -0.2) is 4.90 Å². The van der Waals surface area contributed by atoms with E-state index in [2.05, 4.69) is 5.32 Å². The maximum absolute atomic E-state index is 12.7. The Labute approximate surface area is 136 Å². The Balaban J connectivity index is 1.83. The number of anilines is 2. The van der Waals surface area contributed by atoms with E-state index in [0.29, 0.717) is 5.69 Å². The van der Waals surface area contributed by atoms with Crippen LogP contribution in [0.2, 0.25) is 0 Å². The third-order valence-corrected chi connectivity index (χ3v) is 4.13. The number of hydrogen-bond acceptors (Lipinski definition) is 3. The van der Waals surface area contributed by atoms with Crippen molar-refractivity contribution in [3.63, 3.8) is 0 Å². The summed E-state index contributed by atoms with van der Waals surface area (Å²) >= 11 is 0. The number of hydrogen-bond donors (Lipinski definition) is 1. The van der Waals surface area contributed by atoms with Crippen LogP contribution in [0.25, 0.3) is 0 Å². The van der Waals surface area contributed by atoms with Crippen molar-refractivity contribution < 1.29 is 9.59 Å². The van der Waals surface area contributed by atoms with Gasteiger partial charge in [-0.1, -0.05) is 35.4 Å². The number of benzene rings is 2. The molecule has 4 heteroatoms. The van der Waals surface area contributed by atoms with Crippen LogP contribution in [0, 0.1) is 20.8 Å². The van der Waals surface area contributed by atoms with E-state index in [9.17, 15) is 9.59 Å². The van der Waals surface area contributed by atoms with Gasteiger partial charge in [-0.3, -0.25) is 9.59 Å². The van der Waals surface area contributed by atoms with Crippen molar-refractivity contribution in [3.8, 4) is 0 Å². The fourth-order valence-corrected chi connectivity index (χ4v) is 2.91. The molecule has 1 saturated heterocycles. The Bertz CT molecular complexity index is 765. The minimum Gasteiger partial charge on any atom is -0.373 e. The Morgan fingerprint density at radius 1 is 0.957 bits per heavy atom. The summed E-state index contributed by atoms with van der Waals surface area (Å²) in [4.78, 5) is 26.3. The van der Waals surface area contributed by atoms with Crippen molar-refractivity contribution in [1.29, 1.82) is 0 Å².